The van der Waals surface area contributed by atoms with E-state index in [1.54, 1.807) is 13.1 Å². The summed E-state index contributed by atoms with van der Waals surface area (Å²) in [6.45, 7) is 3.11. The average molecular weight is 392 g/mol. The molecule has 2 amide bonds. The van der Waals surface area contributed by atoms with Gasteiger partial charge >= 0.3 is 0 Å². The van der Waals surface area contributed by atoms with Crippen molar-refractivity contribution in [3.63, 3.8) is 0 Å². The lowest BCUT2D eigenvalue weighted by molar-refractivity contribution is -0.136. The summed E-state index contributed by atoms with van der Waals surface area (Å²) in [5, 5.41) is 0. The van der Waals surface area contributed by atoms with Crippen LogP contribution in [0.5, 0.6) is 0 Å². The van der Waals surface area contributed by atoms with Gasteiger partial charge < -0.3 is 9.80 Å². The fourth-order valence-electron chi connectivity index (χ4n) is 5.04. The van der Waals surface area contributed by atoms with Gasteiger partial charge in [0, 0.05) is 37.8 Å². The quantitative estimate of drug-likeness (QED) is 0.806. The summed E-state index contributed by atoms with van der Waals surface area (Å²) in [7, 11) is 0. The number of rotatable bonds is 3. The molecular formula is C24H29N3O2. The summed E-state index contributed by atoms with van der Waals surface area (Å²) >= 11 is 0. The molecule has 3 heterocycles. The van der Waals surface area contributed by atoms with Gasteiger partial charge in [0.2, 0.25) is 11.8 Å². The highest BCUT2D eigenvalue weighted by Gasteiger charge is 2.47. The van der Waals surface area contributed by atoms with E-state index in [1.165, 1.54) is 5.56 Å². The number of nitrogens with zero attached hydrogens (tertiary/aromatic N) is 3. The van der Waals surface area contributed by atoms with Gasteiger partial charge in [-0.05, 0) is 30.5 Å². The Kier molecular flexibility index (Phi) is 5.93. The minimum atomic E-state index is 0.0443. The molecule has 152 valence electrons. The van der Waals surface area contributed by atoms with E-state index in [4.69, 9.17) is 0 Å². The van der Waals surface area contributed by atoms with Crippen LogP contribution >= 0.6 is 0 Å². The monoisotopic (exact) mass is 391 g/mol. The number of carbonyl (C=O) groups excluding carboxylic acids is 2. The van der Waals surface area contributed by atoms with E-state index in [1.807, 2.05) is 46.2 Å². The molecule has 2 saturated heterocycles. The van der Waals surface area contributed by atoms with Crippen LogP contribution in [0.15, 0.2) is 54.7 Å². The van der Waals surface area contributed by atoms with Crippen molar-refractivity contribution in [2.45, 2.75) is 57.0 Å². The first kappa shape index (κ1) is 19.6. The summed E-state index contributed by atoms with van der Waals surface area (Å²) < 4.78 is 0. The van der Waals surface area contributed by atoms with Crippen LogP contribution in [0.2, 0.25) is 0 Å². The Balaban J connectivity index is 1.67. The number of hydrogen-bond acceptors (Lipinski definition) is 3. The van der Waals surface area contributed by atoms with Gasteiger partial charge in [-0.15, -0.1) is 0 Å². The smallest absolute Gasteiger partial charge is 0.228 e. The molecule has 2 aromatic rings. The van der Waals surface area contributed by atoms with Crippen LogP contribution in [0.1, 0.15) is 49.8 Å². The minimum Gasteiger partial charge on any atom is -0.337 e. The van der Waals surface area contributed by atoms with Crippen LogP contribution in [-0.4, -0.2) is 51.8 Å². The highest BCUT2D eigenvalue weighted by atomic mass is 16.2. The van der Waals surface area contributed by atoms with Crippen molar-refractivity contribution in [2.75, 3.05) is 13.1 Å². The molecule has 0 spiro atoms. The Hall–Kier alpha value is -2.69. The molecule has 0 radical (unpaired) electrons. The molecule has 0 saturated carbocycles. The van der Waals surface area contributed by atoms with Gasteiger partial charge in [0.05, 0.1) is 18.5 Å². The van der Waals surface area contributed by atoms with Crippen LogP contribution in [0.25, 0.3) is 0 Å². The second kappa shape index (κ2) is 8.76. The Labute approximate surface area is 172 Å². The van der Waals surface area contributed by atoms with E-state index < -0.39 is 0 Å². The predicted octanol–water partition coefficient (Wildman–Crippen LogP) is 3.41. The summed E-state index contributed by atoms with van der Waals surface area (Å²) in [5.74, 6) is 0.374. The van der Waals surface area contributed by atoms with Crippen molar-refractivity contribution >= 4 is 11.8 Å². The highest BCUT2D eigenvalue weighted by Crippen LogP contribution is 2.39. The highest BCUT2D eigenvalue weighted by molar-refractivity contribution is 5.80. The van der Waals surface area contributed by atoms with Crippen LogP contribution in [0.4, 0.5) is 0 Å². The first-order chi connectivity index (χ1) is 14.1. The van der Waals surface area contributed by atoms with Crippen LogP contribution in [0.3, 0.4) is 0 Å². The summed E-state index contributed by atoms with van der Waals surface area (Å²) in [5.41, 5.74) is 2.01. The third-order valence-electron chi connectivity index (χ3n) is 6.37. The molecule has 0 bridgehead atoms. The number of fused-ring (bicyclic) bond motifs is 1. The number of amides is 2. The van der Waals surface area contributed by atoms with Crippen molar-refractivity contribution in [2.24, 2.45) is 0 Å². The van der Waals surface area contributed by atoms with Crippen LogP contribution in [-0.2, 0) is 16.0 Å². The van der Waals surface area contributed by atoms with Crippen molar-refractivity contribution in [1.82, 2.24) is 14.8 Å². The number of carbonyl (C=O) groups is 2. The third-order valence-corrected chi connectivity index (χ3v) is 6.37. The molecule has 0 unspecified atom stereocenters. The Morgan fingerprint density at radius 1 is 1.00 bits per heavy atom. The first-order valence-corrected chi connectivity index (χ1v) is 10.7. The normalized spacial score (nSPS) is 24.5. The SMILES string of the molecule is CC(=O)N1CCCCC[C@@H]2[C@@H]1[C@H](c1ccccc1)CN2C(=O)Cc1ccccn1. The molecule has 2 aliphatic rings. The molecule has 4 rings (SSSR count). The number of aromatic nitrogens is 1. The molecule has 29 heavy (non-hydrogen) atoms. The van der Waals surface area contributed by atoms with E-state index in [2.05, 4.69) is 17.1 Å². The molecule has 5 heteroatoms. The average Bonchev–Trinajstić information content (AvgIpc) is 3.07. The fourth-order valence-corrected chi connectivity index (χ4v) is 5.04. The molecule has 0 N–H and O–H groups in total. The maximum absolute atomic E-state index is 13.3. The molecule has 0 aliphatic carbocycles. The second-order valence-corrected chi connectivity index (χ2v) is 8.18. The lowest BCUT2D eigenvalue weighted by Crippen LogP contribution is -2.51. The van der Waals surface area contributed by atoms with E-state index in [0.29, 0.717) is 13.0 Å². The lowest BCUT2D eigenvalue weighted by atomic mass is 9.87. The Bertz CT molecular complexity index is 840. The zero-order valence-electron chi connectivity index (χ0n) is 17.0. The van der Waals surface area contributed by atoms with Crippen LogP contribution in [0, 0.1) is 0 Å². The number of likely N-dealkylation sites (tertiary alicyclic amines) is 2. The van der Waals surface area contributed by atoms with E-state index >= 15 is 0 Å². The van der Waals surface area contributed by atoms with Crippen LogP contribution < -0.4 is 0 Å². The topological polar surface area (TPSA) is 53.5 Å². The number of pyridine rings is 1. The third kappa shape index (κ3) is 4.19. The van der Waals surface area contributed by atoms with E-state index in [9.17, 15) is 9.59 Å². The Morgan fingerprint density at radius 3 is 2.52 bits per heavy atom. The predicted molar refractivity (Wildman–Crippen MR) is 112 cm³/mol. The number of hydrogen-bond donors (Lipinski definition) is 0. The van der Waals surface area contributed by atoms with Gasteiger partial charge in [0.25, 0.3) is 0 Å². The summed E-state index contributed by atoms with van der Waals surface area (Å²) in [6, 6.07) is 16.2. The Morgan fingerprint density at radius 2 is 1.79 bits per heavy atom. The van der Waals surface area contributed by atoms with Gasteiger partial charge in [-0.2, -0.15) is 0 Å². The van der Waals surface area contributed by atoms with Crippen molar-refractivity contribution in [3.8, 4) is 0 Å². The molecule has 5 nitrogen and oxygen atoms in total. The second-order valence-electron chi connectivity index (χ2n) is 8.18. The van der Waals surface area contributed by atoms with Gasteiger partial charge in [-0.25, -0.2) is 0 Å². The maximum Gasteiger partial charge on any atom is 0.228 e. The first-order valence-electron chi connectivity index (χ1n) is 10.7. The maximum atomic E-state index is 13.3. The van der Waals surface area contributed by atoms with E-state index in [-0.39, 0.29) is 29.8 Å². The minimum absolute atomic E-state index is 0.0443. The molecule has 1 aromatic carbocycles. The van der Waals surface area contributed by atoms with Gasteiger partial charge in [0.15, 0.2) is 0 Å². The van der Waals surface area contributed by atoms with Crippen molar-refractivity contribution in [3.05, 3.63) is 66.0 Å². The molecule has 2 fully saturated rings. The molecule has 1 aromatic heterocycles. The molecule has 2 aliphatic heterocycles. The van der Waals surface area contributed by atoms with Crippen molar-refractivity contribution < 1.29 is 9.59 Å². The van der Waals surface area contributed by atoms with Crippen molar-refractivity contribution in [1.29, 1.82) is 0 Å². The molecular weight excluding hydrogens is 362 g/mol. The van der Waals surface area contributed by atoms with E-state index in [0.717, 1.165) is 37.9 Å². The zero-order chi connectivity index (χ0) is 20.2. The molecule has 3 atom stereocenters. The number of benzene rings is 1. The zero-order valence-corrected chi connectivity index (χ0v) is 17.0. The van der Waals surface area contributed by atoms with Gasteiger partial charge in [-0.1, -0.05) is 49.2 Å². The standard InChI is InChI=1S/C24H29N3O2/c1-18(28)26-15-9-3-6-13-22-24(26)21(19-10-4-2-5-11-19)17-27(22)23(29)16-20-12-7-8-14-25-20/h2,4-5,7-8,10-12,14,21-22,24H,3,6,9,13,15-17H2,1H3/t21-,22+,24-/m0/s1. The lowest BCUT2D eigenvalue weighted by Gasteiger charge is -2.38. The van der Waals surface area contributed by atoms with Gasteiger partial charge in [-0.3, -0.25) is 14.6 Å². The summed E-state index contributed by atoms with van der Waals surface area (Å²) in [6.07, 6.45) is 6.23. The fraction of sp³-hybridized carbons (Fsp3) is 0.458. The largest absolute Gasteiger partial charge is 0.337 e. The summed E-state index contributed by atoms with van der Waals surface area (Å²) in [4.78, 5) is 34.3. The van der Waals surface area contributed by atoms with Gasteiger partial charge in [0.1, 0.15) is 0 Å².